The fraction of sp³-hybridized carbons (Fsp3) is 0.389. The molecule has 1 saturated carbocycles. The second-order valence-electron chi connectivity index (χ2n) is 6.02. The Labute approximate surface area is 136 Å². The average Bonchev–Trinajstić information content (AvgIpc) is 3.07. The first-order valence-electron chi connectivity index (χ1n) is 8.13. The van der Waals surface area contributed by atoms with Crippen molar-refractivity contribution in [3.8, 4) is 0 Å². The van der Waals surface area contributed by atoms with Gasteiger partial charge in [0.2, 0.25) is 0 Å². The summed E-state index contributed by atoms with van der Waals surface area (Å²) in [4.78, 5) is 20.7. The van der Waals surface area contributed by atoms with Crippen molar-refractivity contribution in [2.45, 2.75) is 45.2 Å². The van der Waals surface area contributed by atoms with E-state index in [1.807, 2.05) is 31.2 Å². The number of carbonyl (C=O) groups excluding carboxylic acids is 1. The van der Waals surface area contributed by atoms with E-state index in [4.69, 9.17) is 0 Å². The van der Waals surface area contributed by atoms with Gasteiger partial charge in [-0.3, -0.25) is 4.79 Å². The number of aryl methyl sites for hydroxylation is 1. The first-order valence-corrected chi connectivity index (χ1v) is 8.13. The van der Waals surface area contributed by atoms with E-state index in [1.54, 1.807) is 6.20 Å². The van der Waals surface area contributed by atoms with E-state index in [2.05, 4.69) is 20.6 Å². The van der Waals surface area contributed by atoms with E-state index < -0.39 is 0 Å². The number of anilines is 1. The summed E-state index contributed by atoms with van der Waals surface area (Å²) in [5.74, 6) is 0.542. The molecule has 0 unspecified atom stereocenters. The van der Waals surface area contributed by atoms with Crippen molar-refractivity contribution in [2.24, 2.45) is 0 Å². The van der Waals surface area contributed by atoms with E-state index in [0.29, 0.717) is 18.3 Å². The lowest BCUT2D eigenvalue weighted by atomic mass is 10.1. The molecule has 0 aliphatic heterocycles. The quantitative estimate of drug-likeness (QED) is 0.890. The second kappa shape index (κ2) is 7.22. The number of nitrogens with zero attached hydrogens (tertiary/aromatic N) is 2. The standard InChI is InChI=1S/C18H22N4O/c1-13-6-2-3-7-14(13)10-21-18(23)16-11-20-17(12-19-16)22-15-8-4-5-9-15/h2-3,6-7,11-12,15H,4-5,8-10H2,1H3,(H,20,22)(H,21,23). The molecule has 1 aliphatic rings. The Balaban J connectivity index is 1.56. The van der Waals surface area contributed by atoms with Crippen LogP contribution in [0.3, 0.4) is 0 Å². The van der Waals surface area contributed by atoms with Gasteiger partial charge in [0.25, 0.3) is 5.91 Å². The van der Waals surface area contributed by atoms with Gasteiger partial charge >= 0.3 is 0 Å². The number of nitrogens with one attached hydrogen (secondary N) is 2. The molecule has 3 rings (SSSR count). The van der Waals surface area contributed by atoms with E-state index in [1.165, 1.54) is 31.9 Å². The molecule has 1 aromatic heterocycles. The summed E-state index contributed by atoms with van der Waals surface area (Å²) >= 11 is 0. The monoisotopic (exact) mass is 310 g/mol. The van der Waals surface area contributed by atoms with E-state index in [0.717, 1.165) is 16.9 Å². The fourth-order valence-electron chi connectivity index (χ4n) is 2.87. The number of rotatable bonds is 5. The Morgan fingerprint density at radius 3 is 2.65 bits per heavy atom. The number of hydrogen-bond donors (Lipinski definition) is 2. The van der Waals surface area contributed by atoms with Gasteiger partial charge in [-0.15, -0.1) is 0 Å². The highest BCUT2D eigenvalue weighted by atomic mass is 16.1. The predicted octanol–water partition coefficient (Wildman–Crippen LogP) is 3.07. The van der Waals surface area contributed by atoms with Gasteiger partial charge < -0.3 is 10.6 Å². The summed E-state index contributed by atoms with van der Waals surface area (Å²) < 4.78 is 0. The third kappa shape index (κ3) is 4.06. The van der Waals surface area contributed by atoms with Crippen LogP contribution in [0.25, 0.3) is 0 Å². The molecule has 0 spiro atoms. The molecular weight excluding hydrogens is 288 g/mol. The number of benzene rings is 1. The van der Waals surface area contributed by atoms with Crippen molar-refractivity contribution in [1.82, 2.24) is 15.3 Å². The van der Waals surface area contributed by atoms with E-state index >= 15 is 0 Å². The first kappa shape index (κ1) is 15.5. The Morgan fingerprint density at radius 2 is 1.96 bits per heavy atom. The minimum absolute atomic E-state index is 0.201. The molecule has 2 N–H and O–H groups in total. The second-order valence-corrected chi connectivity index (χ2v) is 6.02. The van der Waals surface area contributed by atoms with Gasteiger partial charge in [0.05, 0.1) is 12.4 Å². The Bertz CT molecular complexity index is 663. The molecule has 2 aromatic rings. The summed E-state index contributed by atoms with van der Waals surface area (Å²) in [5.41, 5.74) is 2.61. The van der Waals surface area contributed by atoms with Crippen LogP contribution < -0.4 is 10.6 Å². The van der Waals surface area contributed by atoms with Crippen molar-refractivity contribution in [1.29, 1.82) is 0 Å². The first-order chi connectivity index (χ1) is 11.2. The maximum Gasteiger partial charge on any atom is 0.271 e. The Hall–Kier alpha value is -2.43. The zero-order chi connectivity index (χ0) is 16.1. The van der Waals surface area contributed by atoms with Crippen molar-refractivity contribution < 1.29 is 4.79 Å². The SMILES string of the molecule is Cc1ccccc1CNC(=O)c1cnc(NC2CCCC2)cn1. The minimum atomic E-state index is -0.201. The van der Waals surface area contributed by atoms with Gasteiger partial charge in [0.1, 0.15) is 11.5 Å². The van der Waals surface area contributed by atoms with E-state index in [-0.39, 0.29) is 5.91 Å². The number of aromatic nitrogens is 2. The van der Waals surface area contributed by atoms with Crippen molar-refractivity contribution in [3.05, 3.63) is 53.5 Å². The minimum Gasteiger partial charge on any atom is -0.366 e. The van der Waals surface area contributed by atoms with Gasteiger partial charge in [-0.05, 0) is 30.9 Å². The summed E-state index contributed by atoms with van der Waals surface area (Å²) in [6.07, 6.45) is 8.07. The molecule has 1 heterocycles. The molecule has 1 fully saturated rings. The molecule has 5 heteroatoms. The highest BCUT2D eigenvalue weighted by molar-refractivity contribution is 5.91. The Kier molecular flexibility index (Phi) is 4.86. The normalized spacial score (nSPS) is 14.7. The smallest absolute Gasteiger partial charge is 0.271 e. The van der Waals surface area contributed by atoms with Gasteiger partial charge in [0.15, 0.2) is 0 Å². The zero-order valence-electron chi connectivity index (χ0n) is 13.4. The third-order valence-electron chi connectivity index (χ3n) is 4.29. The highest BCUT2D eigenvalue weighted by Gasteiger charge is 2.15. The molecule has 1 aromatic carbocycles. The number of hydrogen-bond acceptors (Lipinski definition) is 4. The summed E-state index contributed by atoms with van der Waals surface area (Å²) in [6, 6.07) is 8.49. The third-order valence-corrected chi connectivity index (χ3v) is 4.29. The Morgan fingerprint density at radius 1 is 1.17 bits per heavy atom. The predicted molar refractivity (Wildman–Crippen MR) is 90.3 cm³/mol. The van der Waals surface area contributed by atoms with Crippen LogP contribution in [0.1, 0.15) is 47.3 Å². The van der Waals surface area contributed by atoms with Gasteiger partial charge in [-0.1, -0.05) is 37.1 Å². The van der Waals surface area contributed by atoms with Crippen LogP contribution in [0.4, 0.5) is 5.82 Å². The summed E-state index contributed by atoms with van der Waals surface area (Å²) in [7, 11) is 0. The maximum atomic E-state index is 12.2. The van der Waals surface area contributed by atoms with Crippen LogP contribution in [0.5, 0.6) is 0 Å². The molecule has 5 nitrogen and oxygen atoms in total. The summed E-state index contributed by atoms with van der Waals surface area (Å²) in [5, 5.41) is 6.25. The molecule has 120 valence electrons. The highest BCUT2D eigenvalue weighted by Crippen LogP contribution is 2.20. The molecule has 1 aliphatic carbocycles. The number of carbonyl (C=O) groups is 1. The lowest BCUT2D eigenvalue weighted by Crippen LogP contribution is -2.24. The maximum absolute atomic E-state index is 12.2. The lowest BCUT2D eigenvalue weighted by Gasteiger charge is -2.12. The molecule has 0 saturated heterocycles. The van der Waals surface area contributed by atoms with Crippen LogP contribution in [0.15, 0.2) is 36.7 Å². The molecule has 0 bridgehead atoms. The molecule has 1 amide bonds. The molecule has 0 radical (unpaired) electrons. The van der Waals surface area contributed by atoms with E-state index in [9.17, 15) is 4.79 Å². The van der Waals surface area contributed by atoms with Crippen LogP contribution >= 0.6 is 0 Å². The van der Waals surface area contributed by atoms with Crippen molar-refractivity contribution in [2.75, 3.05) is 5.32 Å². The van der Waals surface area contributed by atoms with Gasteiger partial charge in [-0.25, -0.2) is 9.97 Å². The van der Waals surface area contributed by atoms with Crippen LogP contribution in [0.2, 0.25) is 0 Å². The molecular formula is C18H22N4O. The van der Waals surface area contributed by atoms with Gasteiger partial charge in [0, 0.05) is 12.6 Å². The zero-order valence-corrected chi connectivity index (χ0v) is 13.4. The molecule has 0 atom stereocenters. The average molecular weight is 310 g/mol. The molecule has 23 heavy (non-hydrogen) atoms. The van der Waals surface area contributed by atoms with Crippen LogP contribution in [0, 0.1) is 6.92 Å². The fourth-order valence-corrected chi connectivity index (χ4v) is 2.87. The topological polar surface area (TPSA) is 66.9 Å². The summed E-state index contributed by atoms with van der Waals surface area (Å²) in [6.45, 7) is 2.53. The van der Waals surface area contributed by atoms with Crippen LogP contribution in [-0.2, 0) is 6.54 Å². The lowest BCUT2D eigenvalue weighted by molar-refractivity contribution is 0.0945. The van der Waals surface area contributed by atoms with Gasteiger partial charge in [-0.2, -0.15) is 0 Å². The van der Waals surface area contributed by atoms with Crippen molar-refractivity contribution >= 4 is 11.7 Å². The largest absolute Gasteiger partial charge is 0.366 e. The number of amides is 1. The van der Waals surface area contributed by atoms with Crippen LogP contribution in [-0.4, -0.2) is 21.9 Å². The van der Waals surface area contributed by atoms with Crippen molar-refractivity contribution in [3.63, 3.8) is 0 Å².